The lowest BCUT2D eigenvalue weighted by Crippen LogP contribution is -2.34. The van der Waals surface area contributed by atoms with Crippen molar-refractivity contribution in [3.05, 3.63) is 60.2 Å². The minimum absolute atomic E-state index is 0.242. The molecule has 0 aliphatic heterocycles. The van der Waals surface area contributed by atoms with Crippen LogP contribution in [0.5, 0.6) is 0 Å². The quantitative estimate of drug-likeness (QED) is 0.704. The first-order chi connectivity index (χ1) is 13.0. The van der Waals surface area contributed by atoms with Gasteiger partial charge in [-0.05, 0) is 29.8 Å². The van der Waals surface area contributed by atoms with E-state index in [4.69, 9.17) is 0 Å². The van der Waals surface area contributed by atoms with Crippen molar-refractivity contribution >= 4 is 27.6 Å². The Bertz CT molecular complexity index is 945. The van der Waals surface area contributed by atoms with Crippen molar-refractivity contribution in [3.8, 4) is 0 Å². The molecule has 0 aromatic heterocycles. The Labute approximate surface area is 158 Å². The molecule has 0 aliphatic carbocycles. The maximum Gasteiger partial charge on any atom is 0.471 e. The van der Waals surface area contributed by atoms with E-state index in [0.29, 0.717) is 5.56 Å². The summed E-state index contributed by atoms with van der Waals surface area (Å²) in [6.45, 7) is 0. The molecule has 0 heterocycles. The van der Waals surface area contributed by atoms with Crippen LogP contribution in [0.4, 0.5) is 18.9 Å². The second kappa shape index (κ2) is 8.40. The Morgan fingerprint density at radius 1 is 1.00 bits per heavy atom. The molecule has 1 amide bonds. The summed E-state index contributed by atoms with van der Waals surface area (Å²) in [5.41, 5.74) is 0.0980. The number of alkyl halides is 3. The van der Waals surface area contributed by atoms with Gasteiger partial charge in [0.1, 0.15) is 6.04 Å². The highest BCUT2D eigenvalue weighted by molar-refractivity contribution is 7.89. The van der Waals surface area contributed by atoms with Crippen molar-refractivity contribution in [1.82, 2.24) is 4.72 Å². The number of esters is 1. The van der Waals surface area contributed by atoms with Gasteiger partial charge in [-0.2, -0.15) is 17.9 Å². The van der Waals surface area contributed by atoms with Gasteiger partial charge in [-0.25, -0.2) is 13.2 Å². The highest BCUT2D eigenvalue weighted by Gasteiger charge is 2.38. The van der Waals surface area contributed by atoms with Gasteiger partial charge in [-0.15, -0.1) is 0 Å². The summed E-state index contributed by atoms with van der Waals surface area (Å²) in [4.78, 5) is 22.6. The average Bonchev–Trinajstić information content (AvgIpc) is 2.66. The summed E-state index contributed by atoms with van der Waals surface area (Å²) in [5.74, 6) is -3.03. The fourth-order valence-electron chi connectivity index (χ4n) is 2.16. The number of benzene rings is 2. The molecule has 1 unspecified atom stereocenters. The number of nitrogens with one attached hydrogen (secondary N) is 2. The average molecular weight is 416 g/mol. The molecule has 0 spiro atoms. The minimum Gasteiger partial charge on any atom is -0.468 e. The molecule has 11 heteroatoms. The van der Waals surface area contributed by atoms with Crippen LogP contribution in [0.25, 0.3) is 0 Å². The zero-order valence-electron chi connectivity index (χ0n) is 14.4. The second-order valence-electron chi connectivity index (χ2n) is 5.46. The molecule has 0 aliphatic rings. The van der Waals surface area contributed by atoms with E-state index in [2.05, 4.69) is 9.46 Å². The highest BCUT2D eigenvalue weighted by atomic mass is 32.2. The van der Waals surface area contributed by atoms with Crippen LogP contribution < -0.4 is 10.0 Å². The lowest BCUT2D eigenvalue weighted by atomic mass is 10.1. The van der Waals surface area contributed by atoms with Crippen LogP contribution in [-0.4, -0.2) is 33.6 Å². The van der Waals surface area contributed by atoms with E-state index < -0.39 is 34.1 Å². The van der Waals surface area contributed by atoms with Gasteiger partial charge in [-0.3, -0.25) is 4.79 Å². The molecule has 0 saturated heterocycles. The summed E-state index contributed by atoms with van der Waals surface area (Å²) in [5, 5.41) is 1.60. The number of rotatable bonds is 6. The molecule has 7 nitrogen and oxygen atoms in total. The Kier molecular flexibility index (Phi) is 6.41. The summed E-state index contributed by atoms with van der Waals surface area (Å²) in [7, 11) is -3.12. The van der Waals surface area contributed by atoms with Crippen molar-refractivity contribution < 1.29 is 35.9 Å². The van der Waals surface area contributed by atoms with E-state index in [9.17, 15) is 31.2 Å². The molecule has 2 aromatic rings. The number of sulfonamides is 1. The number of halogens is 3. The van der Waals surface area contributed by atoms with Crippen LogP contribution in [-0.2, 0) is 24.3 Å². The fourth-order valence-corrected chi connectivity index (χ4v) is 3.33. The maximum absolute atomic E-state index is 12.5. The minimum atomic E-state index is -5.07. The summed E-state index contributed by atoms with van der Waals surface area (Å²) < 4.78 is 68.7. The van der Waals surface area contributed by atoms with Gasteiger partial charge >= 0.3 is 18.1 Å². The second-order valence-corrected chi connectivity index (χ2v) is 7.18. The van der Waals surface area contributed by atoms with Gasteiger partial charge in [-0.1, -0.05) is 30.3 Å². The van der Waals surface area contributed by atoms with Gasteiger partial charge in [0.15, 0.2) is 0 Å². The number of amides is 1. The fraction of sp³-hybridized carbons (Fsp3) is 0.176. The topological polar surface area (TPSA) is 102 Å². The first-order valence-corrected chi connectivity index (χ1v) is 9.16. The number of anilines is 1. The Hall–Kier alpha value is -2.92. The molecular weight excluding hydrogens is 401 g/mol. The van der Waals surface area contributed by atoms with E-state index in [1.54, 1.807) is 23.5 Å². The smallest absolute Gasteiger partial charge is 0.468 e. The molecule has 2 aromatic carbocycles. The predicted octanol–water partition coefficient (Wildman–Crippen LogP) is 2.38. The first kappa shape index (κ1) is 21.4. The molecule has 0 fully saturated rings. The van der Waals surface area contributed by atoms with E-state index in [1.165, 1.54) is 12.1 Å². The molecule has 0 bridgehead atoms. The Morgan fingerprint density at radius 2 is 1.57 bits per heavy atom. The number of hydrogen-bond acceptors (Lipinski definition) is 5. The number of hydrogen-bond donors (Lipinski definition) is 2. The summed E-state index contributed by atoms with van der Waals surface area (Å²) >= 11 is 0. The molecule has 150 valence electrons. The van der Waals surface area contributed by atoms with Gasteiger partial charge in [0.25, 0.3) is 0 Å². The lowest BCUT2D eigenvalue weighted by Gasteiger charge is -2.17. The molecule has 1 atom stereocenters. The van der Waals surface area contributed by atoms with Crippen molar-refractivity contribution in [2.75, 3.05) is 12.4 Å². The summed E-state index contributed by atoms with van der Waals surface area (Å²) in [6.07, 6.45) is -5.07. The third-order valence-electron chi connectivity index (χ3n) is 3.52. The molecule has 0 radical (unpaired) electrons. The molecule has 2 N–H and O–H groups in total. The van der Waals surface area contributed by atoms with Crippen LogP contribution in [0.2, 0.25) is 0 Å². The van der Waals surface area contributed by atoms with E-state index in [0.717, 1.165) is 31.4 Å². The first-order valence-electron chi connectivity index (χ1n) is 7.68. The monoisotopic (exact) mass is 416 g/mol. The van der Waals surface area contributed by atoms with Gasteiger partial charge < -0.3 is 10.1 Å². The highest BCUT2D eigenvalue weighted by Crippen LogP contribution is 2.22. The SMILES string of the molecule is COC(=O)C(NS(=O)(=O)c1ccc(NC(=O)C(F)(F)F)cc1)c1ccccc1. The van der Waals surface area contributed by atoms with Gasteiger partial charge in [0, 0.05) is 5.69 Å². The number of methoxy groups -OCH3 is 1. The summed E-state index contributed by atoms with van der Waals surface area (Å²) in [6, 6.07) is 10.6. The van der Waals surface area contributed by atoms with Gasteiger partial charge in [0.2, 0.25) is 10.0 Å². The molecule has 28 heavy (non-hydrogen) atoms. The van der Waals surface area contributed by atoms with E-state index >= 15 is 0 Å². The molecular formula is C17H15F3N2O5S. The largest absolute Gasteiger partial charge is 0.471 e. The molecule has 0 saturated carbocycles. The van der Waals surface area contributed by atoms with E-state index in [-0.39, 0.29) is 10.6 Å². The van der Waals surface area contributed by atoms with Crippen LogP contribution in [0, 0.1) is 0 Å². The Balaban J connectivity index is 2.23. The zero-order chi connectivity index (χ0) is 20.9. The van der Waals surface area contributed by atoms with Crippen molar-refractivity contribution in [1.29, 1.82) is 0 Å². The van der Waals surface area contributed by atoms with Crippen LogP contribution in [0.3, 0.4) is 0 Å². The Morgan fingerprint density at radius 3 is 2.07 bits per heavy atom. The number of ether oxygens (including phenoxy) is 1. The number of carbonyl (C=O) groups is 2. The number of carbonyl (C=O) groups excluding carboxylic acids is 2. The molecule has 2 rings (SSSR count). The zero-order valence-corrected chi connectivity index (χ0v) is 15.2. The van der Waals surface area contributed by atoms with E-state index in [1.807, 2.05) is 0 Å². The van der Waals surface area contributed by atoms with Crippen molar-refractivity contribution in [3.63, 3.8) is 0 Å². The third kappa shape index (κ3) is 5.30. The normalized spacial score (nSPS) is 12.9. The third-order valence-corrected chi connectivity index (χ3v) is 4.96. The predicted molar refractivity (Wildman–Crippen MR) is 92.6 cm³/mol. The van der Waals surface area contributed by atoms with Crippen LogP contribution in [0.15, 0.2) is 59.5 Å². The van der Waals surface area contributed by atoms with Gasteiger partial charge in [0.05, 0.1) is 12.0 Å². The maximum atomic E-state index is 12.5. The van der Waals surface area contributed by atoms with Crippen molar-refractivity contribution in [2.24, 2.45) is 0 Å². The van der Waals surface area contributed by atoms with Crippen LogP contribution in [0.1, 0.15) is 11.6 Å². The van der Waals surface area contributed by atoms with Crippen molar-refractivity contribution in [2.45, 2.75) is 17.1 Å². The standard InChI is InChI=1S/C17H15F3N2O5S/c1-27-15(23)14(11-5-3-2-4-6-11)22-28(25,26)13-9-7-12(8-10-13)21-16(24)17(18,19)20/h2-10,14,22H,1H3,(H,21,24). The lowest BCUT2D eigenvalue weighted by molar-refractivity contribution is -0.167. The van der Waals surface area contributed by atoms with Crippen LogP contribution >= 0.6 is 0 Å².